The lowest BCUT2D eigenvalue weighted by Gasteiger charge is -1.57. The molecule has 0 saturated carbocycles. The monoisotopic (exact) mass is 115 g/mol. The molecule has 36 valence electrons. The lowest BCUT2D eigenvalue weighted by molar-refractivity contribution is -0.352. The molecule has 1 aromatic heterocycles. The van der Waals surface area contributed by atoms with Crippen molar-refractivity contribution in [2.24, 2.45) is 0 Å². The number of nitrogens with one attached hydrogen (secondary N) is 2. The Morgan fingerprint density at radius 1 is 1.86 bits per heavy atom. The molecule has 0 radical (unpaired) electrons. The Bertz CT molecular complexity index is 148. The van der Waals surface area contributed by atoms with Gasteiger partial charge in [-0.2, -0.15) is 0 Å². The minimum atomic E-state index is 0.00386. The fourth-order valence-corrected chi connectivity index (χ4v) is 0.590. The average molecular weight is 115 g/mol. The first-order valence-corrected chi connectivity index (χ1v) is 2.63. The van der Waals surface area contributed by atoms with Crippen LogP contribution in [0.15, 0.2) is 12.4 Å². The highest BCUT2D eigenvalue weighted by molar-refractivity contribution is 7.32. The number of aromatic nitrogens is 2. The Labute approximate surface area is 42.0 Å². The van der Waals surface area contributed by atoms with Crippen LogP contribution >= 0.6 is 8.46 Å². The van der Waals surface area contributed by atoms with Crippen LogP contribution in [0.2, 0.25) is 0 Å². The summed E-state index contributed by atoms with van der Waals surface area (Å²) in [7, 11) is 0.00386. The van der Waals surface area contributed by atoms with E-state index < -0.39 is 0 Å². The molecule has 1 heterocycles. The normalized spacial score (nSPS) is 9.71. The van der Waals surface area contributed by atoms with Gasteiger partial charge in [0.25, 0.3) is 8.46 Å². The van der Waals surface area contributed by atoms with Gasteiger partial charge in [0.1, 0.15) is 12.4 Å². The molecule has 0 aliphatic heterocycles. The van der Waals surface area contributed by atoms with Crippen LogP contribution in [0.3, 0.4) is 0 Å². The van der Waals surface area contributed by atoms with Gasteiger partial charge in [0.2, 0.25) is 0 Å². The van der Waals surface area contributed by atoms with Gasteiger partial charge in [-0.15, -0.1) is 0 Å². The molecule has 2 N–H and O–H groups in total. The van der Waals surface area contributed by atoms with E-state index in [1.165, 1.54) is 0 Å². The molecular weight excluding hydrogens is 111 g/mol. The smallest absolute Gasteiger partial charge is 0.261 e. The van der Waals surface area contributed by atoms with Gasteiger partial charge in [-0.05, 0) is 0 Å². The first-order valence-electron chi connectivity index (χ1n) is 1.82. The Kier molecular flexibility index (Phi) is 1.18. The lowest BCUT2D eigenvalue weighted by Crippen LogP contribution is -2.16. The summed E-state index contributed by atoms with van der Waals surface area (Å²) in [6, 6.07) is 0. The summed E-state index contributed by atoms with van der Waals surface area (Å²) >= 11 is 0. The standard InChI is InChI=1S/C3H3N2OP/c6-7-3-4-1-2-5-3/h1-2H,(H,4,5)/p+1. The molecule has 0 amide bonds. The van der Waals surface area contributed by atoms with Crippen LogP contribution < -0.4 is 10.5 Å². The molecule has 0 fully saturated rings. The predicted molar refractivity (Wildman–Crippen MR) is 24.6 cm³/mol. The van der Waals surface area contributed by atoms with Crippen LogP contribution in [0, 0.1) is 0 Å². The van der Waals surface area contributed by atoms with Crippen molar-refractivity contribution in [3.05, 3.63) is 12.4 Å². The maximum absolute atomic E-state index is 9.90. The summed E-state index contributed by atoms with van der Waals surface area (Å²) < 4.78 is 9.90. The van der Waals surface area contributed by atoms with E-state index in [-0.39, 0.29) is 8.46 Å². The number of aromatic amines is 2. The molecule has 1 aromatic rings. The Hall–Kier alpha value is -0.690. The van der Waals surface area contributed by atoms with Crippen LogP contribution in [0.1, 0.15) is 0 Å². The van der Waals surface area contributed by atoms with Crippen LogP contribution in [0.25, 0.3) is 0 Å². The van der Waals surface area contributed by atoms with Crippen LogP contribution in [0.4, 0.5) is 0 Å². The number of rotatable bonds is 1. The topological polar surface area (TPSA) is 47.0 Å². The molecule has 0 atom stereocenters. The van der Waals surface area contributed by atoms with Crippen LogP contribution in [-0.4, -0.2) is 4.98 Å². The van der Waals surface area contributed by atoms with Gasteiger partial charge in [0, 0.05) is 0 Å². The fraction of sp³-hybridized carbons (Fsp3) is 0. The first kappa shape index (κ1) is 4.47. The number of hydrogen-bond donors (Lipinski definition) is 1. The minimum Gasteiger partial charge on any atom is -0.261 e. The molecule has 3 nitrogen and oxygen atoms in total. The third-order valence-corrected chi connectivity index (χ3v) is 1.06. The van der Waals surface area contributed by atoms with Crippen molar-refractivity contribution in [3.63, 3.8) is 0 Å². The second kappa shape index (κ2) is 1.85. The zero-order valence-corrected chi connectivity index (χ0v) is 4.40. The van der Waals surface area contributed by atoms with Crippen LogP contribution in [-0.2, 0) is 4.57 Å². The molecule has 1 rings (SSSR count). The van der Waals surface area contributed by atoms with Crippen molar-refractivity contribution in [3.8, 4) is 0 Å². The van der Waals surface area contributed by atoms with Crippen molar-refractivity contribution in [2.75, 3.05) is 0 Å². The van der Waals surface area contributed by atoms with Gasteiger partial charge in [0.05, 0.1) is 0 Å². The number of H-pyrrole nitrogens is 2. The third-order valence-electron chi connectivity index (χ3n) is 0.615. The first-order chi connectivity index (χ1) is 3.43. The zero-order valence-electron chi connectivity index (χ0n) is 3.51. The maximum Gasteiger partial charge on any atom is 0.345 e. The SMILES string of the molecule is O=Pc1[nH]cc[nH+]1. The van der Waals surface area contributed by atoms with E-state index in [1.807, 2.05) is 0 Å². The lowest BCUT2D eigenvalue weighted by atomic mass is 11.0. The van der Waals surface area contributed by atoms with E-state index >= 15 is 0 Å². The molecule has 0 aromatic carbocycles. The molecule has 0 bridgehead atoms. The summed E-state index contributed by atoms with van der Waals surface area (Å²) in [6.45, 7) is 0. The number of imidazole rings is 1. The second-order valence-corrected chi connectivity index (χ2v) is 1.69. The summed E-state index contributed by atoms with van der Waals surface area (Å²) in [5, 5.41) is 0. The molecule has 0 unspecified atom stereocenters. The van der Waals surface area contributed by atoms with Crippen molar-refractivity contribution < 1.29 is 9.55 Å². The van der Waals surface area contributed by atoms with E-state index in [2.05, 4.69) is 9.97 Å². The highest BCUT2D eigenvalue weighted by Gasteiger charge is 1.94. The zero-order chi connectivity index (χ0) is 5.11. The quantitative estimate of drug-likeness (QED) is 0.504. The number of hydrogen-bond acceptors (Lipinski definition) is 1. The van der Waals surface area contributed by atoms with Gasteiger partial charge in [0.15, 0.2) is 0 Å². The predicted octanol–water partition coefficient (Wildman–Crippen LogP) is -0.254. The summed E-state index contributed by atoms with van der Waals surface area (Å²) in [6.07, 6.45) is 3.36. The molecule has 0 saturated heterocycles. The van der Waals surface area contributed by atoms with E-state index in [1.54, 1.807) is 12.4 Å². The molecular formula is C3H4N2OP+. The fourth-order valence-electron chi connectivity index (χ4n) is 0.336. The van der Waals surface area contributed by atoms with Crippen molar-refractivity contribution >= 4 is 14.0 Å². The van der Waals surface area contributed by atoms with Crippen molar-refractivity contribution in [1.29, 1.82) is 0 Å². The highest BCUT2D eigenvalue weighted by atomic mass is 31.1. The van der Waals surface area contributed by atoms with E-state index in [0.717, 1.165) is 0 Å². The van der Waals surface area contributed by atoms with Gasteiger partial charge in [-0.1, -0.05) is 0 Å². The van der Waals surface area contributed by atoms with E-state index in [9.17, 15) is 4.57 Å². The van der Waals surface area contributed by atoms with Gasteiger partial charge in [-0.3, -0.25) is 4.57 Å². The maximum atomic E-state index is 9.90. The van der Waals surface area contributed by atoms with Crippen LogP contribution in [0.5, 0.6) is 0 Å². The molecule has 0 aliphatic carbocycles. The molecule has 7 heavy (non-hydrogen) atoms. The highest BCUT2D eigenvalue weighted by Crippen LogP contribution is 1.79. The molecule has 0 aliphatic rings. The summed E-state index contributed by atoms with van der Waals surface area (Å²) in [5.74, 6) is 0. The third kappa shape index (κ3) is 0.842. The molecule has 0 spiro atoms. The molecule has 4 heteroatoms. The Balaban J connectivity index is 2.96. The van der Waals surface area contributed by atoms with Crippen molar-refractivity contribution in [1.82, 2.24) is 4.98 Å². The Morgan fingerprint density at radius 3 is 3.00 bits per heavy atom. The largest absolute Gasteiger partial charge is 0.345 e. The Morgan fingerprint density at radius 2 is 2.71 bits per heavy atom. The van der Waals surface area contributed by atoms with Gasteiger partial charge >= 0.3 is 5.57 Å². The van der Waals surface area contributed by atoms with Crippen molar-refractivity contribution in [2.45, 2.75) is 0 Å². The van der Waals surface area contributed by atoms with E-state index in [0.29, 0.717) is 5.57 Å². The summed E-state index contributed by atoms with van der Waals surface area (Å²) in [5.41, 5.74) is 0.597. The summed E-state index contributed by atoms with van der Waals surface area (Å²) in [4.78, 5) is 5.41. The van der Waals surface area contributed by atoms with Gasteiger partial charge in [-0.25, -0.2) is 9.97 Å². The minimum absolute atomic E-state index is 0.00386. The average Bonchev–Trinajstić information content (AvgIpc) is 2.14. The second-order valence-electron chi connectivity index (χ2n) is 1.06. The van der Waals surface area contributed by atoms with E-state index in [4.69, 9.17) is 0 Å². The van der Waals surface area contributed by atoms with Gasteiger partial charge < -0.3 is 0 Å².